The first-order chi connectivity index (χ1) is 9.48. The lowest BCUT2D eigenvalue weighted by molar-refractivity contribution is 0.0868. The van der Waals surface area contributed by atoms with Crippen molar-refractivity contribution < 1.29 is 17.6 Å². The Labute approximate surface area is 125 Å². The van der Waals surface area contributed by atoms with Gasteiger partial charge in [-0.3, -0.25) is 4.79 Å². The number of hydrogen-bond acceptors (Lipinski definition) is 5. The summed E-state index contributed by atoms with van der Waals surface area (Å²) in [6.45, 7) is 7.58. The van der Waals surface area contributed by atoms with Gasteiger partial charge in [-0.1, -0.05) is 13.8 Å². The molecule has 1 aromatic heterocycles. The molecule has 8 heteroatoms. The first-order valence-corrected chi connectivity index (χ1v) is 8.19. The Kier molecular flexibility index (Phi) is 5.19. The second-order valence-corrected chi connectivity index (χ2v) is 7.42. The zero-order valence-corrected chi connectivity index (χ0v) is 13.6. The van der Waals surface area contributed by atoms with Gasteiger partial charge in [-0.15, -0.1) is 0 Å². The standard InChI is InChI=1S/C13H23N3O4S/c1-8(2)6-13(4,7-14)16-12(17)10-5-11(9(3)20-10)21(15,18)19/h5,8H,6-7,14H2,1-4H3,(H,16,17)(H2,15,18,19). The lowest BCUT2D eigenvalue weighted by Gasteiger charge is -2.30. The second kappa shape index (κ2) is 6.17. The maximum Gasteiger partial charge on any atom is 0.287 e. The van der Waals surface area contributed by atoms with Gasteiger partial charge in [-0.05, 0) is 26.2 Å². The number of nitrogens with two attached hydrogens (primary N) is 2. The van der Waals surface area contributed by atoms with E-state index >= 15 is 0 Å². The van der Waals surface area contributed by atoms with Crippen molar-refractivity contribution in [2.24, 2.45) is 16.8 Å². The normalized spacial score (nSPS) is 15.0. The molecule has 0 saturated carbocycles. The summed E-state index contributed by atoms with van der Waals surface area (Å²) in [7, 11) is -3.91. The predicted molar refractivity (Wildman–Crippen MR) is 79.2 cm³/mol. The van der Waals surface area contributed by atoms with Gasteiger partial charge in [0, 0.05) is 12.6 Å². The van der Waals surface area contributed by atoms with Crippen molar-refractivity contribution in [1.29, 1.82) is 0 Å². The fraction of sp³-hybridized carbons (Fsp3) is 0.615. The van der Waals surface area contributed by atoms with Crippen molar-refractivity contribution in [2.45, 2.75) is 44.6 Å². The summed E-state index contributed by atoms with van der Waals surface area (Å²) in [6.07, 6.45) is 0.691. The Morgan fingerprint density at radius 2 is 2.05 bits per heavy atom. The summed E-state index contributed by atoms with van der Waals surface area (Å²) in [5, 5.41) is 7.84. The molecule has 1 unspecified atom stereocenters. The van der Waals surface area contributed by atoms with E-state index in [0.717, 1.165) is 6.07 Å². The quantitative estimate of drug-likeness (QED) is 0.712. The number of amides is 1. The largest absolute Gasteiger partial charge is 0.455 e. The van der Waals surface area contributed by atoms with E-state index in [9.17, 15) is 13.2 Å². The molecule has 0 aliphatic rings. The molecule has 0 fully saturated rings. The highest BCUT2D eigenvalue weighted by Crippen LogP contribution is 2.21. The summed E-state index contributed by atoms with van der Waals surface area (Å²) in [6, 6.07) is 1.13. The first-order valence-electron chi connectivity index (χ1n) is 6.64. The maximum absolute atomic E-state index is 12.2. The Bertz CT molecular complexity index is 621. The van der Waals surface area contributed by atoms with Gasteiger partial charge in [0.05, 0.1) is 5.54 Å². The van der Waals surface area contributed by atoms with Gasteiger partial charge in [-0.2, -0.15) is 0 Å². The van der Waals surface area contributed by atoms with E-state index in [1.54, 1.807) is 0 Å². The maximum atomic E-state index is 12.2. The summed E-state index contributed by atoms with van der Waals surface area (Å²) >= 11 is 0. The zero-order chi connectivity index (χ0) is 16.4. The van der Waals surface area contributed by atoms with Gasteiger partial charge in [0.1, 0.15) is 10.7 Å². The van der Waals surface area contributed by atoms with Gasteiger partial charge in [-0.25, -0.2) is 13.6 Å². The molecule has 21 heavy (non-hydrogen) atoms. The zero-order valence-electron chi connectivity index (χ0n) is 12.8. The predicted octanol–water partition coefficient (Wildman–Crippen LogP) is 0.729. The highest BCUT2D eigenvalue weighted by Gasteiger charge is 2.29. The van der Waals surface area contributed by atoms with Crippen molar-refractivity contribution >= 4 is 15.9 Å². The number of nitrogens with one attached hydrogen (secondary N) is 1. The lowest BCUT2D eigenvalue weighted by atomic mass is 9.90. The molecule has 1 rings (SSSR count). The second-order valence-electron chi connectivity index (χ2n) is 5.89. The summed E-state index contributed by atoms with van der Waals surface area (Å²) < 4.78 is 27.9. The van der Waals surface area contributed by atoms with Crippen molar-refractivity contribution in [3.63, 3.8) is 0 Å². The summed E-state index contributed by atoms with van der Waals surface area (Å²) in [4.78, 5) is 12.0. The van der Waals surface area contributed by atoms with Crippen LogP contribution < -0.4 is 16.2 Å². The molecule has 0 bridgehead atoms. The molecular weight excluding hydrogens is 294 g/mol. The van der Waals surface area contributed by atoms with Crippen molar-refractivity contribution in [2.75, 3.05) is 6.54 Å². The fourth-order valence-electron chi connectivity index (χ4n) is 2.28. The Hall–Kier alpha value is -1.38. The van der Waals surface area contributed by atoms with E-state index in [-0.39, 0.29) is 23.0 Å². The number of rotatable bonds is 6. The van der Waals surface area contributed by atoms with E-state index in [4.69, 9.17) is 15.3 Å². The average molecular weight is 317 g/mol. The minimum atomic E-state index is -3.91. The van der Waals surface area contributed by atoms with Crippen LogP contribution in [-0.4, -0.2) is 26.4 Å². The van der Waals surface area contributed by atoms with Gasteiger partial charge in [0.15, 0.2) is 5.76 Å². The van der Waals surface area contributed by atoms with Crippen LogP contribution in [0.25, 0.3) is 0 Å². The smallest absolute Gasteiger partial charge is 0.287 e. The number of carbonyl (C=O) groups is 1. The van der Waals surface area contributed by atoms with Crippen LogP contribution >= 0.6 is 0 Å². The number of aryl methyl sites for hydroxylation is 1. The lowest BCUT2D eigenvalue weighted by Crippen LogP contribution is -2.52. The third kappa shape index (κ3) is 4.55. The molecule has 1 heterocycles. The van der Waals surface area contributed by atoms with E-state index in [1.165, 1.54) is 6.92 Å². The van der Waals surface area contributed by atoms with E-state index in [2.05, 4.69) is 5.32 Å². The number of furan rings is 1. The van der Waals surface area contributed by atoms with Crippen molar-refractivity contribution in [1.82, 2.24) is 5.32 Å². The van der Waals surface area contributed by atoms with Crippen LogP contribution in [-0.2, 0) is 10.0 Å². The molecule has 1 amide bonds. The first kappa shape index (κ1) is 17.7. The highest BCUT2D eigenvalue weighted by molar-refractivity contribution is 7.89. The van der Waals surface area contributed by atoms with Crippen molar-refractivity contribution in [3.8, 4) is 0 Å². The highest BCUT2D eigenvalue weighted by atomic mass is 32.2. The van der Waals surface area contributed by atoms with E-state index < -0.39 is 21.5 Å². The molecule has 0 saturated heterocycles. The van der Waals surface area contributed by atoms with Crippen LogP contribution in [0.15, 0.2) is 15.4 Å². The average Bonchev–Trinajstić information content (AvgIpc) is 2.70. The topological polar surface area (TPSA) is 128 Å². The van der Waals surface area contributed by atoms with Crippen LogP contribution in [0.1, 0.15) is 43.5 Å². The Morgan fingerprint density at radius 3 is 2.43 bits per heavy atom. The minimum Gasteiger partial charge on any atom is -0.455 e. The third-order valence-electron chi connectivity index (χ3n) is 3.13. The van der Waals surface area contributed by atoms with Crippen LogP contribution in [0.4, 0.5) is 0 Å². The Morgan fingerprint density at radius 1 is 1.48 bits per heavy atom. The molecule has 0 radical (unpaired) electrons. The molecule has 120 valence electrons. The number of hydrogen-bond donors (Lipinski definition) is 3. The van der Waals surface area contributed by atoms with E-state index in [0.29, 0.717) is 12.3 Å². The fourth-order valence-corrected chi connectivity index (χ4v) is 3.00. The van der Waals surface area contributed by atoms with Crippen LogP contribution in [0.5, 0.6) is 0 Å². The number of carbonyl (C=O) groups excluding carboxylic acids is 1. The molecule has 0 aliphatic heterocycles. The molecule has 0 spiro atoms. The third-order valence-corrected chi connectivity index (χ3v) is 4.15. The number of sulfonamides is 1. The van der Waals surface area contributed by atoms with Gasteiger partial charge < -0.3 is 15.5 Å². The molecule has 5 N–H and O–H groups in total. The summed E-state index contributed by atoms with van der Waals surface area (Å²) in [5.41, 5.74) is 5.14. The minimum absolute atomic E-state index is 0.0842. The molecule has 1 atom stereocenters. The molecule has 7 nitrogen and oxygen atoms in total. The van der Waals surface area contributed by atoms with Gasteiger partial charge in [0.25, 0.3) is 5.91 Å². The van der Waals surface area contributed by atoms with Crippen molar-refractivity contribution in [3.05, 3.63) is 17.6 Å². The molecule has 0 aliphatic carbocycles. The Balaban J connectivity index is 3.00. The van der Waals surface area contributed by atoms with Gasteiger partial charge in [0.2, 0.25) is 10.0 Å². The van der Waals surface area contributed by atoms with Crippen LogP contribution in [0, 0.1) is 12.8 Å². The van der Waals surface area contributed by atoms with Crippen LogP contribution in [0.3, 0.4) is 0 Å². The van der Waals surface area contributed by atoms with Crippen LogP contribution in [0.2, 0.25) is 0 Å². The summed E-state index contributed by atoms with van der Waals surface area (Å²) in [5.74, 6) is -0.181. The van der Waals surface area contributed by atoms with Gasteiger partial charge >= 0.3 is 0 Å². The molecule has 1 aromatic rings. The monoisotopic (exact) mass is 317 g/mol. The molecule has 0 aromatic carbocycles. The number of primary sulfonamides is 1. The SMILES string of the molecule is Cc1oc(C(=O)NC(C)(CN)CC(C)C)cc1S(N)(=O)=O. The van der Waals surface area contributed by atoms with E-state index in [1.807, 2.05) is 20.8 Å². The molecular formula is C13H23N3O4S.